The quantitative estimate of drug-likeness (QED) is 0.688. The third kappa shape index (κ3) is 3.39. The maximum Gasteiger partial charge on any atom is 0.310 e. The van der Waals surface area contributed by atoms with Crippen molar-refractivity contribution < 1.29 is 9.53 Å². The van der Waals surface area contributed by atoms with Gasteiger partial charge in [-0.1, -0.05) is 27.5 Å². The predicted octanol–water partition coefficient (Wildman–Crippen LogP) is 2.79. The number of halogens is 2. The largest absolute Gasteiger partial charge is 0.466 e. The zero-order valence-electron chi connectivity index (χ0n) is 8.22. The summed E-state index contributed by atoms with van der Waals surface area (Å²) in [4.78, 5) is 11.3. The number of ether oxygens (including phenoxy) is 1. The summed E-state index contributed by atoms with van der Waals surface area (Å²) < 4.78 is 5.56. The molecule has 1 rings (SSSR count). The first kappa shape index (κ1) is 12.3. The van der Waals surface area contributed by atoms with Crippen molar-refractivity contribution in [1.82, 2.24) is 0 Å². The van der Waals surface area contributed by atoms with Gasteiger partial charge < -0.3 is 10.5 Å². The van der Waals surface area contributed by atoms with Gasteiger partial charge in [-0.05, 0) is 19.1 Å². The fourth-order valence-electron chi connectivity index (χ4n) is 1.17. The van der Waals surface area contributed by atoms with Crippen molar-refractivity contribution in [3.05, 3.63) is 27.2 Å². The summed E-state index contributed by atoms with van der Waals surface area (Å²) in [5.41, 5.74) is 6.94. The average Bonchev–Trinajstić information content (AvgIpc) is 2.11. The van der Waals surface area contributed by atoms with E-state index in [1.54, 1.807) is 19.1 Å². The summed E-state index contributed by atoms with van der Waals surface area (Å²) in [7, 11) is 0. The van der Waals surface area contributed by atoms with Crippen LogP contribution in [-0.2, 0) is 16.0 Å². The summed E-state index contributed by atoms with van der Waals surface area (Å²) in [5, 5.41) is 0.534. The highest BCUT2D eigenvalue weighted by atomic mass is 79.9. The highest BCUT2D eigenvalue weighted by Gasteiger charge is 2.11. The topological polar surface area (TPSA) is 52.3 Å². The normalized spacial score (nSPS) is 10.1. The van der Waals surface area contributed by atoms with E-state index < -0.39 is 0 Å². The van der Waals surface area contributed by atoms with Crippen LogP contribution in [-0.4, -0.2) is 12.6 Å². The van der Waals surface area contributed by atoms with Crippen molar-refractivity contribution in [3.63, 3.8) is 0 Å². The van der Waals surface area contributed by atoms with Gasteiger partial charge in [0.1, 0.15) is 0 Å². The molecular weight excluding hydrogens is 281 g/mol. The van der Waals surface area contributed by atoms with Gasteiger partial charge in [-0.25, -0.2) is 0 Å². The number of benzene rings is 1. The Kier molecular flexibility index (Phi) is 4.42. The second-order valence-corrected chi connectivity index (χ2v) is 4.23. The molecule has 0 aromatic heterocycles. The smallest absolute Gasteiger partial charge is 0.310 e. The number of carbonyl (C=O) groups excluding carboxylic acids is 1. The van der Waals surface area contributed by atoms with E-state index in [2.05, 4.69) is 15.9 Å². The molecule has 0 amide bonds. The lowest BCUT2D eigenvalue weighted by atomic mass is 10.1. The molecule has 0 fully saturated rings. The molecule has 0 heterocycles. The van der Waals surface area contributed by atoms with E-state index in [4.69, 9.17) is 22.1 Å². The Morgan fingerprint density at radius 2 is 2.27 bits per heavy atom. The zero-order valence-corrected chi connectivity index (χ0v) is 10.6. The van der Waals surface area contributed by atoms with E-state index in [0.29, 0.717) is 22.9 Å². The molecule has 1 aromatic carbocycles. The van der Waals surface area contributed by atoms with Crippen LogP contribution in [0.4, 0.5) is 5.69 Å². The van der Waals surface area contributed by atoms with Gasteiger partial charge in [0.15, 0.2) is 0 Å². The van der Waals surface area contributed by atoms with Crippen molar-refractivity contribution in [1.29, 1.82) is 0 Å². The number of carbonyl (C=O) groups is 1. The van der Waals surface area contributed by atoms with E-state index in [0.717, 1.165) is 4.47 Å². The Labute approximate surface area is 102 Å². The van der Waals surface area contributed by atoms with E-state index in [1.807, 2.05) is 0 Å². The van der Waals surface area contributed by atoms with E-state index in [-0.39, 0.29) is 12.4 Å². The van der Waals surface area contributed by atoms with Gasteiger partial charge in [-0.3, -0.25) is 4.79 Å². The lowest BCUT2D eigenvalue weighted by Crippen LogP contribution is -2.09. The number of anilines is 1. The van der Waals surface area contributed by atoms with Gasteiger partial charge in [0.25, 0.3) is 0 Å². The first-order valence-electron chi connectivity index (χ1n) is 4.43. The molecule has 0 unspecified atom stereocenters. The molecule has 0 bridgehead atoms. The van der Waals surface area contributed by atoms with Gasteiger partial charge in [-0.15, -0.1) is 0 Å². The van der Waals surface area contributed by atoms with Crippen LogP contribution in [0, 0.1) is 0 Å². The third-order valence-corrected chi connectivity index (χ3v) is 2.75. The molecule has 0 atom stereocenters. The molecule has 1 aromatic rings. The van der Waals surface area contributed by atoms with Crippen LogP contribution in [0.3, 0.4) is 0 Å². The number of hydrogen-bond acceptors (Lipinski definition) is 3. The summed E-state index contributed by atoms with van der Waals surface area (Å²) in [6, 6.07) is 3.31. The van der Waals surface area contributed by atoms with Gasteiger partial charge in [0, 0.05) is 20.7 Å². The molecule has 2 N–H and O–H groups in total. The number of esters is 1. The average molecular weight is 293 g/mol. The number of nitrogen functional groups attached to an aromatic ring is 1. The van der Waals surface area contributed by atoms with Crippen LogP contribution in [0.2, 0.25) is 5.02 Å². The summed E-state index contributed by atoms with van der Waals surface area (Å²) in [6.45, 7) is 2.13. The Balaban J connectivity index is 2.90. The molecule has 0 spiro atoms. The van der Waals surface area contributed by atoms with Gasteiger partial charge >= 0.3 is 5.97 Å². The summed E-state index contributed by atoms with van der Waals surface area (Å²) in [5.74, 6) is -0.299. The van der Waals surface area contributed by atoms with Crippen molar-refractivity contribution in [2.45, 2.75) is 13.3 Å². The van der Waals surface area contributed by atoms with Gasteiger partial charge in [-0.2, -0.15) is 0 Å². The molecular formula is C10H11BrClNO2. The number of nitrogens with two attached hydrogens (primary N) is 1. The highest BCUT2D eigenvalue weighted by molar-refractivity contribution is 9.10. The van der Waals surface area contributed by atoms with Crippen LogP contribution in [0.5, 0.6) is 0 Å². The van der Waals surface area contributed by atoms with Crippen LogP contribution in [0.15, 0.2) is 16.6 Å². The van der Waals surface area contributed by atoms with Gasteiger partial charge in [0.2, 0.25) is 0 Å². The maximum absolute atomic E-state index is 11.3. The van der Waals surface area contributed by atoms with Crippen molar-refractivity contribution >= 4 is 39.2 Å². The first-order valence-corrected chi connectivity index (χ1v) is 5.60. The molecule has 3 nitrogen and oxygen atoms in total. The SMILES string of the molecule is CCOC(=O)Cc1c(N)cc(Cl)cc1Br. The van der Waals surface area contributed by atoms with Crippen LogP contribution >= 0.6 is 27.5 Å². The summed E-state index contributed by atoms with van der Waals surface area (Å²) >= 11 is 9.10. The Bertz CT molecular complexity index is 359. The molecule has 5 heteroatoms. The number of hydrogen-bond donors (Lipinski definition) is 1. The lowest BCUT2D eigenvalue weighted by molar-refractivity contribution is -0.142. The molecule has 15 heavy (non-hydrogen) atoms. The van der Waals surface area contributed by atoms with Crippen LogP contribution in [0.1, 0.15) is 12.5 Å². The van der Waals surface area contributed by atoms with Crippen molar-refractivity contribution in [2.24, 2.45) is 0 Å². The van der Waals surface area contributed by atoms with E-state index in [9.17, 15) is 4.79 Å². The minimum Gasteiger partial charge on any atom is -0.466 e. The highest BCUT2D eigenvalue weighted by Crippen LogP contribution is 2.28. The molecule has 0 aliphatic rings. The second kappa shape index (κ2) is 5.37. The molecule has 82 valence electrons. The van der Waals surface area contributed by atoms with Gasteiger partial charge in [0.05, 0.1) is 13.0 Å². The molecule has 0 saturated heterocycles. The van der Waals surface area contributed by atoms with Crippen LogP contribution in [0.25, 0.3) is 0 Å². The zero-order chi connectivity index (χ0) is 11.4. The van der Waals surface area contributed by atoms with Crippen LogP contribution < -0.4 is 5.73 Å². The Morgan fingerprint density at radius 3 is 2.80 bits per heavy atom. The third-order valence-electron chi connectivity index (χ3n) is 1.82. The summed E-state index contributed by atoms with van der Waals surface area (Å²) in [6.07, 6.45) is 0.150. The molecule has 0 radical (unpaired) electrons. The standard InChI is InChI=1S/C10H11BrClNO2/c1-2-15-10(14)5-7-8(11)3-6(12)4-9(7)13/h3-4H,2,5,13H2,1H3. The lowest BCUT2D eigenvalue weighted by Gasteiger charge is -2.08. The fraction of sp³-hybridized carbons (Fsp3) is 0.300. The van der Waals surface area contributed by atoms with E-state index in [1.165, 1.54) is 0 Å². The van der Waals surface area contributed by atoms with Crippen molar-refractivity contribution in [2.75, 3.05) is 12.3 Å². The minimum absolute atomic E-state index is 0.150. The minimum atomic E-state index is -0.299. The monoisotopic (exact) mass is 291 g/mol. The Hall–Kier alpha value is -0.740. The second-order valence-electron chi connectivity index (χ2n) is 2.94. The Morgan fingerprint density at radius 1 is 1.60 bits per heavy atom. The van der Waals surface area contributed by atoms with Crippen molar-refractivity contribution in [3.8, 4) is 0 Å². The maximum atomic E-state index is 11.3. The fourth-order valence-corrected chi connectivity index (χ4v) is 2.14. The van der Waals surface area contributed by atoms with E-state index >= 15 is 0 Å². The molecule has 0 saturated carbocycles. The number of rotatable bonds is 3. The first-order chi connectivity index (χ1) is 7.04. The molecule has 0 aliphatic carbocycles. The predicted molar refractivity (Wildman–Crippen MR) is 63.9 cm³/mol. The molecule has 0 aliphatic heterocycles.